The van der Waals surface area contributed by atoms with Gasteiger partial charge in [0.1, 0.15) is 0 Å². The molecule has 2 nitrogen and oxygen atoms in total. The third kappa shape index (κ3) is 5.46. The quantitative estimate of drug-likeness (QED) is 0.628. The number of benzene rings is 2. The standard InChI is InChI=1S/C20H26O2SSi/c1-24(2,3)16-10-15-20(17-18-11-6-4-7-12-18)23(21,22)19-13-8-5-9-14-19/h4-9,11-15H,10,16-17H2,1-3H3/b20-15+. The maximum Gasteiger partial charge on any atom is 0.202 e. The maximum atomic E-state index is 13.0. The number of allylic oxidation sites excluding steroid dienone is 2. The van der Waals surface area contributed by atoms with Gasteiger partial charge in [-0.05, 0) is 24.1 Å². The van der Waals surface area contributed by atoms with Crippen LogP contribution in [0.1, 0.15) is 12.0 Å². The summed E-state index contributed by atoms with van der Waals surface area (Å²) in [7, 11) is -4.63. The average Bonchev–Trinajstić information content (AvgIpc) is 2.54. The van der Waals surface area contributed by atoms with Gasteiger partial charge in [0.2, 0.25) is 9.84 Å². The summed E-state index contributed by atoms with van der Waals surface area (Å²) in [6.07, 6.45) is 3.21. The van der Waals surface area contributed by atoms with Gasteiger partial charge < -0.3 is 0 Å². The Morgan fingerprint density at radius 2 is 1.46 bits per heavy atom. The lowest BCUT2D eigenvalue weighted by Gasteiger charge is -2.15. The summed E-state index contributed by atoms with van der Waals surface area (Å²) >= 11 is 0. The summed E-state index contributed by atoms with van der Waals surface area (Å²) in [6.45, 7) is 6.93. The highest BCUT2D eigenvalue weighted by atomic mass is 32.2. The van der Waals surface area contributed by atoms with E-state index < -0.39 is 17.9 Å². The van der Waals surface area contributed by atoms with Crippen LogP contribution < -0.4 is 0 Å². The number of rotatable bonds is 7. The summed E-state index contributed by atoms with van der Waals surface area (Å²) in [5.41, 5.74) is 1.02. The van der Waals surface area contributed by atoms with Crippen molar-refractivity contribution in [2.24, 2.45) is 0 Å². The third-order valence-corrected chi connectivity index (χ3v) is 7.57. The van der Waals surface area contributed by atoms with Gasteiger partial charge in [-0.1, -0.05) is 80.3 Å². The molecule has 4 heteroatoms. The van der Waals surface area contributed by atoms with E-state index in [2.05, 4.69) is 19.6 Å². The van der Waals surface area contributed by atoms with Gasteiger partial charge >= 0.3 is 0 Å². The lowest BCUT2D eigenvalue weighted by Crippen LogP contribution is -2.18. The largest absolute Gasteiger partial charge is 0.219 e. The van der Waals surface area contributed by atoms with E-state index in [0.29, 0.717) is 16.2 Å². The van der Waals surface area contributed by atoms with Crippen molar-refractivity contribution in [3.63, 3.8) is 0 Å². The summed E-state index contributed by atoms with van der Waals surface area (Å²) in [4.78, 5) is 0.887. The highest BCUT2D eigenvalue weighted by Crippen LogP contribution is 2.24. The second-order valence-corrected chi connectivity index (χ2v) is 14.9. The predicted octanol–water partition coefficient (Wildman–Crippen LogP) is 5.32. The fourth-order valence-corrected chi connectivity index (χ4v) is 5.01. The minimum absolute atomic E-state index is 0.375. The minimum Gasteiger partial charge on any atom is -0.219 e. The summed E-state index contributed by atoms with van der Waals surface area (Å²) in [5.74, 6) is 0. The van der Waals surface area contributed by atoms with E-state index in [1.165, 1.54) is 0 Å². The Balaban J connectivity index is 2.33. The second-order valence-electron chi connectivity index (χ2n) is 7.25. The van der Waals surface area contributed by atoms with Crippen LogP contribution in [0.3, 0.4) is 0 Å². The average molecular weight is 359 g/mol. The van der Waals surface area contributed by atoms with Crippen LogP contribution in [0.5, 0.6) is 0 Å². The van der Waals surface area contributed by atoms with Crippen LogP contribution in [0.4, 0.5) is 0 Å². The van der Waals surface area contributed by atoms with Crippen molar-refractivity contribution in [1.82, 2.24) is 0 Å². The predicted molar refractivity (Wildman–Crippen MR) is 105 cm³/mol. The summed E-state index contributed by atoms with van der Waals surface area (Å²) in [5, 5.41) is 0. The molecule has 0 N–H and O–H groups in total. The van der Waals surface area contributed by atoms with Crippen LogP contribution in [0.15, 0.2) is 76.5 Å². The van der Waals surface area contributed by atoms with Crippen LogP contribution in [0, 0.1) is 0 Å². The lowest BCUT2D eigenvalue weighted by molar-refractivity contribution is 0.600. The number of hydrogen-bond donors (Lipinski definition) is 0. The molecule has 0 aliphatic rings. The molecule has 0 atom stereocenters. The van der Waals surface area contributed by atoms with Gasteiger partial charge in [-0.3, -0.25) is 0 Å². The van der Waals surface area contributed by atoms with Crippen molar-refractivity contribution < 1.29 is 8.42 Å². The van der Waals surface area contributed by atoms with E-state index in [1.807, 2.05) is 42.5 Å². The zero-order chi connectivity index (χ0) is 17.6. The molecule has 2 aromatic rings. The Kier molecular flexibility index (Phi) is 6.19. The first-order valence-electron chi connectivity index (χ1n) is 8.32. The highest BCUT2D eigenvalue weighted by molar-refractivity contribution is 7.95. The molecular weight excluding hydrogens is 332 g/mol. The molecule has 0 aliphatic heterocycles. The fourth-order valence-electron chi connectivity index (χ4n) is 2.49. The zero-order valence-electron chi connectivity index (χ0n) is 14.7. The molecule has 24 heavy (non-hydrogen) atoms. The van der Waals surface area contributed by atoms with E-state index >= 15 is 0 Å². The molecule has 2 rings (SSSR count). The Morgan fingerprint density at radius 3 is 2.00 bits per heavy atom. The van der Waals surface area contributed by atoms with Gasteiger partial charge in [0.15, 0.2) is 0 Å². The van der Waals surface area contributed by atoms with E-state index in [4.69, 9.17) is 0 Å². The van der Waals surface area contributed by atoms with E-state index in [-0.39, 0.29) is 0 Å². The van der Waals surface area contributed by atoms with Crippen LogP contribution >= 0.6 is 0 Å². The molecule has 0 bridgehead atoms. The van der Waals surface area contributed by atoms with Crippen molar-refractivity contribution >= 4 is 17.9 Å². The van der Waals surface area contributed by atoms with Crippen LogP contribution in [0.2, 0.25) is 25.7 Å². The van der Waals surface area contributed by atoms with E-state index in [1.54, 1.807) is 24.3 Å². The molecular formula is C20H26O2SSi. The number of hydrogen-bond acceptors (Lipinski definition) is 2. The zero-order valence-corrected chi connectivity index (χ0v) is 16.5. The van der Waals surface area contributed by atoms with Crippen molar-refractivity contribution in [2.45, 2.75) is 43.4 Å². The lowest BCUT2D eigenvalue weighted by atomic mass is 10.1. The summed E-state index contributed by atoms with van der Waals surface area (Å²) < 4.78 is 26.1. The Morgan fingerprint density at radius 1 is 0.917 bits per heavy atom. The molecule has 0 saturated carbocycles. The molecule has 0 spiro atoms. The van der Waals surface area contributed by atoms with Crippen LogP contribution in [-0.2, 0) is 16.3 Å². The molecule has 0 amide bonds. The minimum atomic E-state index is -3.44. The molecule has 0 aliphatic carbocycles. The van der Waals surface area contributed by atoms with Crippen molar-refractivity contribution in [3.05, 3.63) is 77.2 Å². The van der Waals surface area contributed by atoms with Gasteiger partial charge in [0.05, 0.1) is 4.90 Å². The normalized spacial score (nSPS) is 13.0. The van der Waals surface area contributed by atoms with Crippen LogP contribution in [-0.4, -0.2) is 16.5 Å². The van der Waals surface area contributed by atoms with Gasteiger partial charge in [0.25, 0.3) is 0 Å². The second kappa shape index (κ2) is 7.95. The van der Waals surface area contributed by atoms with Crippen molar-refractivity contribution in [1.29, 1.82) is 0 Å². The smallest absolute Gasteiger partial charge is 0.202 e. The van der Waals surface area contributed by atoms with E-state index in [0.717, 1.165) is 18.0 Å². The molecule has 0 unspecified atom stereocenters. The van der Waals surface area contributed by atoms with Gasteiger partial charge in [0, 0.05) is 19.4 Å². The van der Waals surface area contributed by atoms with Gasteiger partial charge in [-0.15, -0.1) is 0 Å². The van der Waals surface area contributed by atoms with Gasteiger partial charge in [-0.25, -0.2) is 8.42 Å². The van der Waals surface area contributed by atoms with E-state index in [9.17, 15) is 8.42 Å². The first-order chi connectivity index (χ1) is 11.3. The van der Waals surface area contributed by atoms with Crippen LogP contribution in [0.25, 0.3) is 0 Å². The van der Waals surface area contributed by atoms with Gasteiger partial charge in [-0.2, -0.15) is 0 Å². The topological polar surface area (TPSA) is 34.1 Å². The molecule has 0 heterocycles. The fraction of sp³-hybridized carbons (Fsp3) is 0.300. The Bertz CT molecular complexity index is 773. The molecule has 0 radical (unpaired) electrons. The molecule has 0 aromatic heterocycles. The Labute approximate surface area is 147 Å². The first-order valence-corrected chi connectivity index (χ1v) is 13.5. The monoisotopic (exact) mass is 358 g/mol. The summed E-state index contributed by atoms with van der Waals surface area (Å²) in [6, 6.07) is 19.6. The highest BCUT2D eigenvalue weighted by Gasteiger charge is 2.21. The molecule has 0 saturated heterocycles. The van der Waals surface area contributed by atoms with Crippen molar-refractivity contribution in [3.8, 4) is 0 Å². The number of sulfone groups is 1. The Hall–Kier alpha value is -1.65. The third-order valence-electron chi connectivity index (χ3n) is 3.89. The molecule has 128 valence electrons. The van der Waals surface area contributed by atoms with Crippen molar-refractivity contribution in [2.75, 3.05) is 0 Å². The molecule has 0 fully saturated rings. The first kappa shape index (κ1) is 18.7. The molecule has 2 aromatic carbocycles. The SMILES string of the molecule is C[Si](C)(C)CC/C=C(\Cc1ccccc1)S(=O)(=O)c1ccccc1. The maximum absolute atomic E-state index is 13.0.